The minimum atomic E-state index is -0.870. The lowest BCUT2D eigenvalue weighted by molar-refractivity contribution is -0.107. The third-order valence-electron chi connectivity index (χ3n) is 9.11. The summed E-state index contributed by atoms with van der Waals surface area (Å²) in [7, 11) is 4.44. The first kappa shape index (κ1) is 40.3. The summed E-state index contributed by atoms with van der Waals surface area (Å²) in [5.74, 6) is -1.33. The van der Waals surface area contributed by atoms with Crippen molar-refractivity contribution in [2.45, 2.75) is 96.7 Å². The maximum atomic E-state index is 15.0. The summed E-state index contributed by atoms with van der Waals surface area (Å²) < 4.78 is 49.1. The monoisotopic (exact) mass is 753 g/mol. The number of methoxy groups -OCH3 is 3. The van der Waals surface area contributed by atoms with Gasteiger partial charge in [-0.3, -0.25) is 9.78 Å². The van der Waals surface area contributed by atoms with E-state index in [4.69, 9.17) is 28.4 Å². The van der Waals surface area contributed by atoms with Crippen molar-refractivity contribution in [3.05, 3.63) is 53.7 Å². The van der Waals surface area contributed by atoms with E-state index in [2.05, 4.69) is 15.3 Å². The third kappa shape index (κ3) is 9.24. The Morgan fingerprint density at radius 3 is 2.41 bits per heavy atom. The van der Waals surface area contributed by atoms with E-state index in [0.717, 1.165) is 17.7 Å². The zero-order valence-corrected chi connectivity index (χ0v) is 32.5. The van der Waals surface area contributed by atoms with Gasteiger partial charge in [0.15, 0.2) is 17.9 Å². The lowest BCUT2D eigenvalue weighted by Crippen LogP contribution is -2.46. The van der Waals surface area contributed by atoms with E-state index in [1.165, 1.54) is 19.2 Å². The molecule has 0 saturated carbocycles. The number of nitrogens with zero attached hydrogens (tertiary/aromatic N) is 3. The van der Waals surface area contributed by atoms with Gasteiger partial charge in [0, 0.05) is 50.7 Å². The topological polar surface area (TPSA) is 154 Å². The molecule has 0 radical (unpaired) electrons. The van der Waals surface area contributed by atoms with E-state index in [1.807, 2.05) is 20.8 Å². The summed E-state index contributed by atoms with van der Waals surface area (Å²) in [6.07, 6.45) is 3.83. The number of carbonyl (C=O) groups excluding carboxylic acids is 3. The first-order valence-corrected chi connectivity index (χ1v) is 18.1. The smallest absolute Gasteiger partial charge is 0.417 e. The molecule has 0 spiro atoms. The summed E-state index contributed by atoms with van der Waals surface area (Å²) in [4.78, 5) is 51.7. The quantitative estimate of drug-likeness (QED) is 0.176. The van der Waals surface area contributed by atoms with Gasteiger partial charge in [0.25, 0.3) is 5.91 Å². The van der Waals surface area contributed by atoms with Gasteiger partial charge in [0.2, 0.25) is 0 Å². The fourth-order valence-corrected chi connectivity index (χ4v) is 6.69. The van der Waals surface area contributed by atoms with E-state index in [1.54, 1.807) is 64.4 Å². The number of hydrogen-bond donors (Lipinski definition) is 2. The molecule has 54 heavy (non-hydrogen) atoms. The van der Waals surface area contributed by atoms with Crippen LogP contribution in [0.25, 0.3) is 11.3 Å². The maximum Gasteiger partial charge on any atom is 0.417 e. The van der Waals surface area contributed by atoms with Crippen LogP contribution < -0.4 is 14.8 Å². The Labute approximate surface area is 315 Å². The van der Waals surface area contributed by atoms with Crippen LogP contribution >= 0.6 is 0 Å². The molecule has 1 saturated heterocycles. The second-order valence-electron chi connectivity index (χ2n) is 15.3. The van der Waals surface area contributed by atoms with E-state index in [9.17, 15) is 14.4 Å². The number of hydrogen-bond acceptors (Lipinski definition) is 11. The van der Waals surface area contributed by atoms with Crippen molar-refractivity contribution in [2.24, 2.45) is 0 Å². The minimum absolute atomic E-state index is 0.0193. The molecule has 0 bridgehead atoms. The molecule has 3 aromatic rings. The number of nitrogens with one attached hydrogen (secondary N) is 2. The highest BCUT2D eigenvalue weighted by atomic mass is 19.1. The number of likely N-dealkylation sites (tertiary alicyclic amines) is 1. The Morgan fingerprint density at radius 2 is 1.74 bits per heavy atom. The van der Waals surface area contributed by atoms with Crippen LogP contribution in [0.5, 0.6) is 11.5 Å². The Bertz CT molecular complexity index is 1810. The SMILES string of the molecule is COc1c(F)cccc1Nc1c(-c2ccncc2OC[C@H]2CCCN2C(=O)OC(C)(C)C)[nH]c2c1C(=O)N(C(=O)OC(C)(C)C)CC2CCC(OC)OC. The van der Waals surface area contributed by atoms with E-state index in [-0.39, 0.29) is 41.9 Å². The molecule has 294 valence electrons. The molecule has 2 atom stereocenters. The predicted octanol–water partition coefficient (Wildman–Crippen LogP) is 7.62. The molecule has 5 rings (SSSR count). The number of rotatable bonds is 12. The number of ether oxygens (including phenoxy) is 6. The number of carbonyl (C=O) groups is 3. The zero-order chi connectivity index (χ0) is 39.4. The van der Waals surface area contributed by atoms with Gasteiger partial charge in [-0.25, -0.2) is 18.9 Å². The van der Waals surface area contributed by atoms with Crippen LogP contribution in [-0.4, -0.2) is 102 Å². The van der Waals surface area contributed by atoms with Crippen molar-refractivity contribution >= 4 is 29.5 Å². The first-order chi connectivity index (χ1) is 25.5. The lowest BCUT2D eigenvalue weighted by atomic mass is 9.91. The number of pyridine rings is 1. The largest absolute Gasteiger partial charge is 0.492 e. The summed E-state index contributed by atoms with van der Waals surface area (Å²) in [5.41, 5.74) is 0.663. The van der Waals surface area contributed by atoms with Gasteiger partial charge in [-0.1, -0.05) is 6.07 Å². The van der Waals surface area contributed by atoms with Crippen LogP contribution in [0, 0.1) is 5.82 Å². The van der Waals surface area contributed by atoms with Crippen LogP contribution in [0.1, 0.15) is 89.2 Å². The summed E-state index contributed by atoms with van der Waals surface area (Å²) >= 11 is 0. The van der Waals surface area contributed by atoms with Gasteiger partial charge in [-0.05, 0) is 85.4 Å². The average molecular weight is 754 g/mol. The highest BCUT2D eigenvalue weighted by Gasteiger charge is 2.42. The minimum Gasteiger partial charge on any atom is -0.492 e. The molecular weight excluding hydrogens is 701 g/mol. The maximum absolute atomic E-state index is 15.0. The summed E-state index contributed by atoms with van der Waals surface area (Å²) in [6.45, 7) is 11.4. The number of anilines is 2. The third-order valence-corrected chi connectivity index (χ3v) is 9.11. The Kier molecular flexibility index (Phi) is 12.4. The van der Waals surface area contributed by atoms with E-state index < -0.39 is 47.3 Å². The normalized spacial score (nSPS) is 17.4. The molecule has 1 fully saturated rings. The molecule has 14 nitrogen and oxygen atoms in total. The van der Waals surface area contributed by atoms with Gasteiger partial charge >= 0.3 is 12.2 Å². The standard InChI is InChI=1S/C39H52FN5O9/c1-38(2,3)53-36(47)44-19-11-12-24(44)22-52-28-20-41-18-17-25(28)32-33(42-27-14-10-13-26(40)34(27)51-9)30-31(43-32)23(15-16-29(49-7)50-8)21-45(35(30)46)37(48)54-39(4,5)6/h10,13-14,17-18,20,23-24,29,42-43H,11-12,15-16,19,21-22H2,1-9H3/t23?,24-/m1/s1. The van der Waals surface area contributed by atoms with Crippen molar-refractivity contribution in [2.75, 3.05) is 46.3 Å². The van der Waals surface area contributed by atoms with Gasteiger partial charge in [0.1, 0.15) is 23.6 Å². The second kappa shape index (κ2) is 16.6. The van der Waals surface area contributed by atoms with Crippen molar-refractivity contribution in [1.29, 1.82) is 0 Å². The molecule has 1 unspecified atom stereocenters. The van der Waals surface area contributed by atoms with Crippen molar-refractivity contribution in [1.82, 2.24) is 19.8 Å². The van der Waals surface area contributed by atoms with Crippen LogP contribution in [-0.2, 0) is 18.9 Å². The van der Waals surface area contributed by atoms with Crippen molar-refractivity contribution in [3.8, 4) is 22.8 Å². The first-order valence-electron chi connectivity index (χ1n) is 18.1. The van der Waals surface area contributed by atoms with Crippen LogP contribution in [0.15, 0.2) is 36.7 Å². The number of aromatic amines is 1. The van der Waals surface area contributed by atoms with E-state index in [0.29, 0.717) is 42.1 Å². The summed E-state index contributed by atoms with van der Waals surface area (Å²) in [6, 6.07) is 5.90. The summed E-state index contributed by atoms with van der Waals surface area (Å²) in [5, 5.41) is 3.26. The second-order valence-corrected chi connectivity index (χ2v) is 15.3. The number of imide groups is 1. The number of H-pyrrole nitrogens is 1. The molecule has 2 aromatic heterocycles. The van der Waals surface area contributed by atoms with Gasteiger partial charge in [-0.2, -0.15) is 0 Å². The van der Waals surface area contributed by atoms with Crippen molar-refractivity contribution < 1.29 is 47.2 Å². The molecule has 3 amide bonds. The fourth-order valence-electron chi connectivity index (χ4n) is 6.69. The average Bonchev–Trinajstić information content (AvgIpc) is 3.73. The van der Waals surface area contributed by atoms with Crippen LogP contribution in [0.2, 0.25) is 0 Å². The molecule has 2 N–H and O–H groups in total. The number of aromatic nitrogens is 2. The highest BCUT2D eigenvalue weighted by Crippen LogP contribution is 2.46. The van der Waals surface area contributed by atoms with Gasteiger partial charge in [0.05, 0.1) is 42.0 Å². The Hall–Kier alpha value is -4.89. The highest BCUT2D eigenvalue weighted by molar-refractivity contribution is 6.11. The predicted molar refractivity (Wildman–Crippen MR) is 199 cm³/mol. The number of halogens is 1. The van der Waals surface area contributed by atoms with Gasteiger partial charge in [-0.15, -0.1) is 0 Å². The zero-order valence-electron chi connectivity index (χ0n) is 32.5. The van der Waals surface area contributed by atoms with E-state index >= 15 is 4.39 Å². The molecule has 0 aliphatic carbocycles. The molecular formula is C39H52FN5O9. The number of amides is 3. The number of fused-ring (bicyclic) bond motifs is 1. The number of para-hydroxylation sites is 1. The lowest BCUT2D eigenvalue weighted by Gasteiger charge is -2.33. The molecule has 15 heteroatoms. The molecule has 2 aliphatic heterocycles. The molecule has 2 aliphatic rings. The number of benzene rings is 1. The Morgan fingerprint density at radius 1 is 1.04 bits per heavy atom. The fraction of sp³-hybridized carbons (Fsp3) is 0.538. The van der Waals surface area contributed by atoms with Crippen LogP contribution in [0.3, 0.4) is 0 Å². The Balaban J connectivity index is 1.61. The van der Waals surface area contributed by atoms with Gasteiger partial charge < -0.3 is 43.6 Å². The van der Waals surface area contributed by atoms with Crippen molar-refractivity contribution in [3.63, 3.8) is 0 Å². The molecule has 1 aromatic carbocycles. The molecule has 4 heterocycles. The van der Waals surface area contributed by atoms with Crippen LogP contribution in [0.4, 0.5) is 25.4 Å².